The second kappa shape index (κ2) is 3.76. The molecule has 2 heterocycles. The van der Waals surface area contributed by atoms with Crippen molar-refractivity contribution >= 4 is 11.6 Å². The molecule has 0 spiro atoms. The maximum atomic E-state index is 5.87. The van der Waals surface area contributed by atoms with Crippen LogP contribution in [-0.2, 0) is 0 Å². The molecule has 0 saturated heterocycles. The van der Waals surface area contributed by atoms with Gasteiger partial charge in [-0.15, -0.1) is 0 Å². The molecule has 2 aromatic rings. The van der Waals surface area contributed by atoms with Gasteiger partial charge in [0.1, 0.15) is 0 Å². The summed E-state index contributed by atoms with van der Waals surface area (Å²) in [5.74, 6) is 0. The molecule has 0 bridgehead atoms. The van der Waals surface area contributed by atoms with Gasteiger partial charge < -0.3 is 0 Å². The number of pyridine rings is 2. The largest absolute Gasteiger partial charge is 0.261 e. The molecule has 2 rings (SSSR count). The van der Waals surface area contributed by atoms with E-state index in [1.807, 2.05) is 25.1 Å². The Morgan fingerprint density at radius 3 is 2.64 bits per heavy atom. The van der Waals surface area contributed by atoms with Crippen LogP contribution in [-0.4, -0.2) is 9.97 Å². The van der Waals surface area contributed by atoms with Crippen LogP contribution in [0.25, 0.3) is 11.3 Å². The molecule has 0 aliphatic carbocycles. The highest BCUT2D eigenvalue weighted by molar-refractivity contribution is 6.30. The smallest absolute Gasteiger partial charge is 0.0732 e. The Morgan fingerprint density at radius 1 is 1.14 bits per heavy atom. The van der Waals surface area contributed by atoms with Crippen LogP contribution in [0.4, 0.5) is 0 Å². The summed E-state index contributed by atoms with van der Waals surface area (Å²) in [4.78, 5) is 8.42. The molecule has 0 atom stereocenters. The maximum Gasteiger partial charge on any atom is 0.0732 e. The van der Waals surface area contributed by atoms with E-state index >= 15 is 0 Å². The quantitative estimate of drug-likeness (QED) is 0.714. The number of rotatable bonds is 1. The summed E-state index contributed by atoms with van der Waals surface area (Å²) in [7, 11) is 0. The van der Waals surface area contributed by atoms with Crippen molar-refractivity contribution in [2.45, 2.75) is 6.92 Å². The van der Waals surface area contributed by atoms with Crippen LogP contribution >= 0.6 is 11.6 Å². The first-order valence-corrected chi connectivity index (χ1v) is 4.68. The van der Waals surface area contributed by atoms with Gasteiger partial charge >= 0.3 is 0 Å². The average Bonchev–Trinajstić information content (AvgIpc) is 2.19. The maximum absolute atomic E-state index is 5.87. The van der Waals surface area contributed by atoms with Crippen molar-refractivity contribution in [2.75, 3.05) is 0 Å². The summed E-state index contributed by atoms with van der Waals surface area (Å²) in [5, 5.41) is 0.690. The van der Waals surface area contributed by atoms with Crippen molar-refractivity contribution in [1.82, 2.24) is 9.97 Å². The lowest BCUT2D eigenvalue weighted by atomic mass is 10.2. The Bertz CT molecular complexity index is 437. The lowest BCUT2D eigenvalue weighted by Gasteiger charge is -2.00. The van der Waals surface area contributed by atoms with E-state index in [4.69, 9.17) is 11.6 Å². The minimum absolute atomic E-state index is 0.690. The molecule has 2 aromatic heterocycles. The molecule has 2 nitrogen and oxygen atoms in total. The van der Waals surface area contributed by atoms with Gasteiger partial charge in [-0.2, -0.15) is 0 Å². The van der Waals surface area contributed by atoms with Crippen molar-refractivity contribution in [2.24, 2.45) is 0 Å². The van der Waals surface area contributed by atoms with Gasteiger partial charge in [-0.05, 0) is 31.2 Å². The van der Waals surface area contributed by atoms with E-state index in [2.05, 4.69) is 9.97 Å². The van der Waals surface area contributed by atoms with Crippen LogP contribution in [0.5, 0.6) is 0 Å². The zero-order valence-electron chi connectivity index (χ0n) is 7.74. The third kappa shape index (κ3) is 1.91. The first-order valence-electron chi connectivity index (χ1n) is 4.30. The van der Waals surface area contributed by atoms with Crippen molar-refractivity contribution in [3.8, 4) is 11.3 Å². The fraction of sp³-hybridized carbons (Fsp3) is 0.0909. The minimum Gasteiger partial charge on any atom is -0.261 e. The Labute approximate surface area is 87.6 Å². The molecule has 3 heteroatoms. The van der Waals surface area contributed by atoms with E-state index in [1.165, 1.54) is 0 Å². The van der Waals surface area contributed by atoms with Gasteiger partial charge in [0.25, 0.3) is 0 Å². The predicted molar refractivity (Wildman–Crippen MR) is 57.2 cm³/mol. The van der Waals surface area contributed by atoms with Gasteiger partial charge in [-0.1, -0.05) is 11.6 Å². The summed E-state index contributed by atoms with van der Waals surface area (Å²) in [6.07, 6.45) is 3.49. The summed E-state index contributed by atoms with van der Waals surface area (Å²) in [5.41, 5.74) is 2.83. The van der Waals surface area contributed by atoms with Crippen LogP contribution in [0.1, 0.15) is 5.69 Å². The Hall–Kier alpha value is -1.41. The third-order valence-electron chi connectivity index (χ3n) is 1.93. The van der Waals surface area contributed by atoms with Crippen molar-refractivity contribution in [3.05, 3.63) is 47.4 Å². The molecule has 0 saturated carbocycles. The summed E-state index contributed by atoms with van der Waals surface area (Å²) in [6, 6.07) is 7.53. The summed E-state index contributed by atoms with van der Waals surface area (Å²) < 4.78 is 0. The molecular formula is C11H9ClN2. The molecule has 14 heavy (non-hydrogen) atoms. The lowest BCUT2D eigenvalue weighted by Crippen LogP contribution is -1.85. The number of nitrogens with zero attached hydrogens (tertiary/aromatic N) is 2. The number of hydrogen-bond donors (Lipinski definition) is 0. The zero-order chi connectivity index (χ0) is 9.97. The van der Waals surface area contributed by atoms with Crippen molar-refractivity contribution < 1.29 is 0 Å². The van der Waals surface area contributed by atoms with E-state index in [1.54, 1.807) is 18.5 Å². The molecule has 0 aromatic carbocycles. The molecule has 0 aliphatic rings. The van der Waals surface area contributed by atoms with Crippen LogP contribution < -0.4 is 0 Å². The Balaban J connectivity index is 2.44. The molecule has 0 unspecified atom stereocenters. The fourth-order valence-corrected chi connectivity index (χ4v) is 1.34. The van der Waals surface area contributed by atoms with Crippen molar-refractivity contribution in [1.29, 1.82) is 0 Å². The molecule has 0 aliphatic heterocycles. The predicted octanol–water partition coefficient (Wildman–Crippen LogP) is 3.11. The first-order chi connectivity index (χ1) is 6.75. The standard InChI is InChI=1S/C11H9ClN2/c1-8-2-3-9(7-14-8)11-6-10(12)4-5-13-11/h2-7H,1H3. The monoisotopic (exact) mass is 204 g/mol. The highest BCUT2D eigenvalue weighted by Gasteiger charge is 1.99. The minimum atomic E-state index is 0.690. The van der Waals surface area contributed by atoms with E-state index in [0.717, 1.165) is 17.0 Å². The normalized spacial score (nSPS) is 10.1. The van der Waals surface area contributed by atoms with Gasteiger partial charge in [-0.3, -0.25) is 9.97 Å². The third-order valence-corrected chi connectivity index (χ3v) is 2.16. The Morgan fingerprint density at radius 2 is 2.00 bits per heavy atom. The second-order valence-corrected chi connectivity index (χ2v) is 3.48. The first kappa shape index (κ1) is 9.16. The van der Waals surface area contributed by atoms with E-state index in [0.29, 0.717) is 5.02 Å². The SMILES string of the molecule is Cc1ccc(-c2cc(Cl)ccn2)cn1. The highest BCUT2D eigenvalue weighted by Crippen LogP contribution is 2.19. The molecule has 0 amide bonds. The van der Waals surface area contributed by atoms with E-state index < -0.39 is 0 Å². The highest BCUT2D eigenvalue weighted by atomic mass is 35.5. The van der Waals surface area contributed by atoms with Crippen molar-refractivity contribution in [3.63, 3.8) is 0 Å². The van der Waals surface area contributed by atoms with E-state index in [-0.39, 0.29) is 0 Å². The average molecular weight is 205 g/mol. The molecule has 0 radical (unpaired) electrons. The molecule has 70 valence electrons. The number of hydrogen-bond acceptors (Lipinski definition) is 2. The summed E-state index contributed by atoms with van der Waals surface area (Å²) >= 11 is 5.87. The van der Waals surface area contributed by atoms with E-state index in [9.17, 15) is 0 Å². The van der Waals surface area contributed by atoms with Gasteiger partial charge in [0.2, 0.25) is 0 Å². The van der Waals surface area contributed by atoms with Gasteiger partial charge in [0.05, 0.1) is 5.69 Å². The second-order valence-electron chi connectivity index (χ2n) is 3.05. The van der Waals surface area contributed by atoms with Gasteiger partial charge in [-0.25, -0.2) is 0 Å². The van der Waals surface area contributed by atoms with Crippen LogP contribution in [0.15, 0.2) is 36.7 Å². The van der Waals surface area contributed by atoms with Gasteiger partial charge in [0, 0.05) is 28.7 Å². The van der Waals surface area contributed by atoms with Crippen LogP contribution in [0.3, 0.4) is 0 Å². The van der Waals surface area contributed by atoms with Gasteiger partial charge in [0.15, 0.2) is 0 Å². The number of aryl methyl sites for hydroxylation is 1. The molecule has 0 fully saturated rings. The van der Waals surface area contributed by atoms with Crippen LogP contribution in [0.2, 0.25) is 5.02 Å². The van der Waals surface area contributed by atoms with Crippen LogP contribution in [0, 0.1) is 6.92 Å². The Kier molecular flexibility index (Phi) is 2.46. The zero-order valence-corrected chi connectivity index (χ0v) is 8.49. The lowest BCUT2D eigenvalue weighted by molar-refractivity contribution is 1.19. The number of aromatic nitrogens is 2. The topological polar surface area (TPSA) is 25.8 Å². The molecular weight excluding hydrogens is 196 g/mol. The molecule has 0 N–H and O–H groups in total. The summed E-state index contributed by atoms with van der Waals surface area (Å²) in [6.45, 7) is 1.95. The fourth-order valence-electron chi connectivity index (χ4n) is 1.18. The number of halogens is 1.